The summed E-state index contributed by atoms with van der Waals surface area (Å²) in [6.07, 6.45) is 5.79. The summed E-state index contributed by atoms with van der Waals surface area (Å²) in [5.41, 5.74) is 0. The highest BCUT2D eigenvalue weighted by Gasteiger charge is 2.35. The topological polar surface area (TPSA) is 46.6 Å². The van der Waals surface area contributed by atoms with Gasteiger partial charge >= 0.3 is 5.97 Å². The number of hydrogen-bond donors (Lipinski definition) is 0. The number of unbranched alkanes of at least 4 members (excludes halogenated alkanes) is 1. The van der Waals surface area contributed by atoms with Gasteiger partial charge in [-0.3, -0.25) is 9.59 Å². The fraction of sp³-hybridized carbons (Fsp3) is 0.733. The summed E-state index contributed by atoms with van der Waals surface area (Å²) in [5.74, 6) is 0.0453. The van der Waals surface area contributed by atoms with E-state index in [1.54, 1.807) is 4.90 Å². The van der Waals surface area contributed by atoms with Gasteiger partial charge in [0.05, 0.1) is 12.5 Å². The quantitative estimate of drug-likeness (QED) is 0.501. The summed E-state index contributed by atoms with van der Waals surface area (Å²) in [6, 6.07) is 0. The van der Waals surface area contributed by atoms with Gasteiger partial charge in [0.2, 0.25) is 5.91 Å². The molecule has 1 aliphatic rings. The number of esters is 1. The van der Waals surface area contributed by atoms with Crippen molar-refractivity contribution >= 4 is 11.9 Å². The van der Waals surface area contributed by atoms with E-state index in [-0.39, 0.29) is 17.8 Å². The Hall–Kier alpha value is -1.32. The van der Waals surface area contributed by atoms with Gasteiger partial charge in [-0.2, -0.15) is 0 Å². The second-order valence-corrected chi connectivity index (χ2v) is 5.19. The monoisotopic (exact) mass is 267 g/mol. The van der Waals surface area contributed by atoms with Crippen LogP contribution in [0, 0.1) is 11.8 Å². The average Bonchev–Trinajstić information content (AvgIpc) is 2.37. The predicted molar refractivity (Wildman–Crippen MR) is 74.5 cm³/mol. The molecule has 1 unspecified atom stereocenters. The number of ether oxygens (including phenoxy) is 1. The van der Waals surface area contributed by atoms with E-state index < -0.39 is 0 Å². The Balaban J connectivity index is 2.21. The summed E-state index contributed by atoms with van der Waals surface area (Å²) in [7, 11) is 0. The highest BCUT2D eigenvalue weighted by atomic mass is 16.5. The maximum absolute atomic E-state index is 11.8. The van der Waals surface area contributed by atoms with Crippen molar-refractivity contribution in [2.45, 2.75) is 39.5 Å². The van der Waals surface area contributed by atoms with Crippen molar-refractivity contribution in [3.05, 3.63) is 12.7 Å². The van der Waals surface area contributed by atoms with E-state index in [0.29, 0.717) is 25.6 Å². The first-order chi connectivity index (χ1) is 9.12. The van der Waals surface area contributed by atoms with Crippen molar-refractivity contribution in [3.8, 4) is 0 Å². The SMILES string of the molecule is C=CC(=O)N1CC(C(=O)OCC(CC)CCCC)C1. The minimum atomic E-state index is -0.164. The van der Waals surface area contributed by atoms with Crippen molar-refractivity contribution in [1.82, 2.24) is 4.90 Å². The minimum absolute atomic E-state index is 0.113. The second-order valence-electron chi connectivity index (χ2n) is 5.19. The average molecular weight is 267 g/mol. The van der Waals surface area contributed by atoms with Crippen LogP contribution in [0.4, 0.5) is 0 Å². The number of likely N-dealkylation sites (tertiary alicyclic amines) is 1. The lowest BCUT2D eigenvalue weighted by atomic mass is 9.99. The van der Waals surface area contributed by atoms with Crippen LogP contribution in [0.25, 0.3) is 0 Å². The molecule has 1 amide bonds. The number of amides is 1. The van der Waals surface area contributed by atoms with Gasteiger partial charge in [-0.25, -0.2) is 0 Å². The fourth-order valence-electron chi connectivity index (χ4n) is 2.15. The van der Waals surface area contributed by atoms with E-state index in [9.17, 15) is 9.59 Å². The summed E-state index contributed by atoms with van der Waals surface area (Å²) >= 11 is 0. The Bertz CT molecular complexity index is 321. The van der Waals surface area contributed by atoms with Crippen LogP contribution >= 0.6 is 0 Å². The molecule has 19 heavy (non-hydrogen) atoms. The van der Waals surface area contributed by atoms with Crippen LogP contribution < -0.4 is 0 Å². The van der Waals surface area contributed by atoms with Crippen molar-refractivity contribution < 1.29 is 14.3 Å². The zero-order chi connectivity index (χ0) is 14.3. The zero-order valence-electron chi connectivity index (χ0n) is 12.1. The Morgan fingerprint density at radius 3 is 2.63 bits per heavy atom. The lowest BCUT2D eigenvalue weighted by Crippen LogP contribution is -2.53. The molecule has 0 N–H and O–H groups in total. The van der Waals surface area contributed by atoms with Gasteiger partial charge in [0.15, 0.2) is 0 Å². The van der Waals surface area contributed by atoms with Crippen molar-refractivity contribution in [2.75, 3.05) is 19.7 Å². The van der Waals surface area contributed by atoms with Gasteiger partial charge in [0.25, 0.3) is 0 Å². The Morgan fingerprint density at radius 2 is 2.11 bits per heavy atom. The summed E-state index contributed by atoms with van der Waals surface area (Å²) in [4.78, 5) is 24.6. The molecule has 1 saturated heterocycles. The lowest BCUT2D eigenvalue weighted by Gasteiger charge is -2.37. The lowest BCUT2D eigenvalue weighted by molar-refractivity contribution is -0.158. The molecule has 0 aromatic rings. The first kappa shape index (κ1) is 15.7. The third-order valence-corrected chi connectivity index (χ3v) is 3.71. The molecule has 1 fully saturated rings. The molecule has 4 heteroatoms. The molecule has 1 heterocycles. The molecule has 0 radical (unpaired) electrons. The molecule has 0 saturated carbocycles. The van der Waals surface area contributed by atoms with Gasteiger partial charge < -0.3 is 9.64 Å². The standard InChI is InChI=1S/C15H25NO3/c1-4-7-8-12(5-2)11-19-15(18)13-9-16(10-13)14(17)6-3/h6,12-13H,3-5,7-11H2,1-2H3. The Labute approximate surface area is 115 Å². The van der Waals surface area contributed by atoms with Crippen LogP contribution in [0.5, 0.6) is 0 Å². The van der Waals surface area contributed by atoms with Crippen molar-refractivity contribution in [2.24, 2.45) is 11.8 Å². The minimum Gasteiger partial charge on any atom is -0.465 e. The van der Waals surface area contributed by atoms with Gasteiger partial charge in [0.1, 0.15) is 0 Å². The van der Waals surface area contributed by atoms with Crippen molar-refractivity contribution in [1.29, 1.82) is 0 Å². The van der Waals surface area contributed by atoms with E-state index in [1.807, 2.05) is 0 Å². The van der Waals surface area contributed by atoms with Crippen LogP contribution in [0.2, 0.25) is 0 Å². The van der Waals surface area contributed by atoms with Crippen LogP contribution in [0.15, 0.2) is 12.7 Å². The summed E-state index contributed by atoms with van der Waals surface area (Å²) in [6.45, 7) is 9.17. The van der Waals surface area contributed by atoms with E-state index in [2.05, 4.69) is 20.4 Å². The molecular formula is C15H25NO3. The Morgan fingerprint density at radius 1 is 1.42 bits per heavy atom. The van der Waals surface area contributed by atoms with Gasteiger partial charge in [-0.15, -0.1) is 0 Å². The summed E-state index contributed by atoms with van der Waals surface area (Å²) < 4.78 is 5.36. The normalized spacial score (nSPS) is 16.6. The molecule has 1 atom stereocenters. The molecular weight excluding hydrogens is 242 g/mol. The molecule has 1 aliphatic heterocycles. The molecule has 1 rings (SSSR count). The second kappa shape index (κ2) is 7.97. The van der Waals surface area contributed by atoms with Crippen LogP contribution in [-0.2, 0) is 14.3 Å². The maximum atomic E-state index is 11.8. The molecule has 0 aromatic carbocycles. The molecule has 0 bridgehead atoms. The summed E-state index contributed by atoms with van der Waals surface area (Å²) in [5, 5.41) is 0. The number of hydrogen-bond acceptors (Lipinski definition) is 3. The van der Waals surface area contributed by atoms with Crippen LogP contribution in [-0.4, -0.2) is 36.5 Å². The number of rotatable bonds is 8. The molecule has 4 nitrogen and oxygen atoms in total. The first-order valence-corrected chi connectivity index (χ1v) is 7.20. The smallest absolute Gasteiger partial charge is 0.312 e. The van der Waals surface area contributed by atoms with E-state index in [4.69, 9.17) is 4.74 Å². The third kappa shape index (κ3) is 4.69. The first-order valence-electron chi connectivity index (χ1n) is 7.20. The van der Waals surface area contributed by atoms with Crippen LogP contribution in [0.3, 0.4) is 0 Å². The number of carbonyl (C=O) groups excluding carboxylic acids is 2. The fourth-order valence-corrected chi connectivity index (χ4v) is 2.15. The van der Waals surface area contributed by atoms with Gasteiger partial charge in [0, 0.05) is 13.1 Å². The molecule has 0 spiro atoms. The number of carbonyl (C=O) groups is 2. The largest absolute Gasteiger partial charge is 0.465 e. The Kier molecular flexibility index (Phi) is 6.60. The maximum Gasteiger partial charge on any atom is 0.312 e. The molecule has 0 aromatic heterocycles. The van der Waals surface area contributed by atoms with Crippen LogP contribution in [0.1, 0.15) is 39.5 Å². The number of nitrogens with zero attached hydrogens (tertiary/aromatic N) is 1. The third-order valence-electron chi connectivity index (χ3n) is 3.71. The van der Waals surface area contributed by atoms with Crippen molar-refractivity contribution in [3.63, 3.8) is 0 Å². The molecule has 0 aliphatic carbocycles. The zero-order valence-corrected chi connectivity index (χ0v) is 12.1. The van der Waals surface area contributed by atoms with Gasteiger partial charge in [-0.1, -0.05) is 39.7 Å². The van der Waals surface area contributed by atoms with E-state index >= 15 is 0 Å². The highest BCUT2D eigenvalue weighted by molar-refractivity contribution is 5.89. The molecule has 108 valence electrons. The predicted octanol–water partition coefficient (Wildman–Crippen LogP) is 2.39. The van der Waals surface area contributed by atoms with E-state index in [0.717, 1.165) is 12.8 Å². The van der Waals surface area contributed by atoms with Gasteiger partial charge in [-0.05, 0) is 18.4 Å². The highest BCUT2D eigenvalue weighted by Crippen LogP contribution is 2.19. The van der Waals surface area contributed by atoms with E-state index in [1.165, 1.54) is 18.9 Å².